The highest BCUT2D eigenvalue weighted by atomic mass is 19.1. The van der Waals surface area contributed by atoms with Crippen LogP contribution in [0.4, 0.5) is 4.39 Å². The highest BCUT2D eigenvalue weighted by Gasteiger charge is 2.20. The molecule has 0 atom stereocenters. The predicted octanol–water partition coefficient (Wildman–Crippen LogP) is 2.45. The van der Waals surface area contributed by atoms with Gasteiger partial charge in [0, 0.05) is 31.0 Å². The highest BCUT2D eigenvalue weighted by Crippen LogP contribution is 2.21. The third-order valence-corrected chi connectivity index (χ3v) is 3.09. The monoisotopic (exact) mass is 273 g/mol. The second-order valence-electron chi connectivity index (χ2n) is 4.90. The van der Waals surface area contributed by atoms with Crippen molar-refractivity contribution in [3.63, 3.8) is 0 Å². The summed E-state index contributed by atoms with van der Waals surface area (Å²) in [6, 6.07) is 7.10. The molecule has 0 saturated heterocycles. The smallest absolute Gasteiger partial charge is 0.166 e. The Morgan fingerprint density at radius 2 is 2.00 bits per heavy atom. The number of rotatable bonds is 6. The van der Waals surface area contributed by atoms with E-state index in [4.69, 9.17) is 4.74 Å². The molecule has 0 spiro atoms. The lowest BCUT2D eigenvalue weighted by Crippen LogP contribution is -2.15. The van der Waals surface area contributed by atoms with Gasteiger partial charge in [-0.1, -0.05) is 0 Å². The summed E-state index contributed by atoms with van der Waals surface area (Å²) >= 11 is 0. The molecule has 5 heteroatoms. The van der Waals surface area contributed by atoms with Gasteiger partial charge in [0.1, 0.15) is 18.2 Å². The van der Waals surface area contributed by atoms with Crippen molar-refractivity contribution >= 4 is 0 Å². The van der Waals surface area contributed by atoms with E-state index in [1.807, 2.05) is 6.07 Å². The number of hydrogen-bond donors (Lipinski definition) is 1. The summed E-state index contributed by atoms with van der Waals surface area (Å²) in [4.78, 5) is 8.13. The topological polar surface area (TPSA) is 47.0 Å². The molecule has 3 rings (SSSR count). The Bertz CT molecular complexity index is 573. The van der Waals surface area contributed by atoms with E-state index in [-0.39, 0.29) is 12.4 Å². The van der Waals surface area contributed by atoms with E-state index in [0.29, 0.717) is 24.2 Å². The van der Waals surface area contributed by atoms with Gasteiger partial charge in [0.05, 0.1) is 0 Å². The lowest BCUT2D eigenvalue weighted by atomic mass is 10.2. The minimum atomic E-state index is -0.288. The number of nitrogens with one attached hydrogen (secondary N) is 1. The van der Waals surface area contributed by atoms with Crippen molar-refractivity contribution in [2.24, 2.45) is 0 Å². The normalized spacial score (nSPS) is 14.2. The molecular formula is C15H16FN3O. The van der Waals surface area contributed by atoms with Gasteiger partial charge in [-0.15, -0.1) is 0 Å². The molecule has 20 heavy (non-hydrogen) atoms. The Hall–Kier alpha value is -2.01. The average molecular weight is 273 g/mol. The van der Waals surface area contributed by atoms with Crippen molar-refractivity contribution in [1.29, 1.82) is 0 Å². The SMILES string of the molecule is Fc1cc(CNC2CC2)cc(OCc2ncccn2)c1. The third-order valence-electron chi connectivity index (χ3n) is 3.09. The quantitative estimate of drug-likeness (QED) is 0.878. The molecule has 1 heterocycles. The van der Waals surface area contributed by atoms with Crippen LogP contribution in [-0.4, -0.2) is 16.0 Å². The summed E-state index contributed by atoms with van der Waals surface area (Å²) in [5, 5.41) is 3.35. The summed E-state index contributed by atoms with van der Waals surface area (Å²) in [6.07, 6.45) is 5.73. The zero-order valence-electron chi connectivity index (χ0n) is 11.1. The minimum absolute atomic E-state index is 0.236. The molecule has 1 N–H and O–H groups in total. The van der Waals surface area contributed by atoms with Crippen LogP contribution in [0.2, 0.25) is 0 Å². The maximum absolute atomic E-state index is 13.6. The van der Waals surface area contributed by atoms with Gasteiger partial charge in [0.2, 0.25) is 0 Å². The molecule has 2 aromatic rings. The van der Waals surface area contributed by atoms with Gasteiger partial charge < -0.3 is 10.1 Å². The number of nitrogens with zero attached hydrogens (tertiary/aromatic N) is 2. The lowest BCUT2D eigenvalue weighted by Gasteiger charge is -2.08. The van der Waals surface area contributed by atoms with Crippen LogP contribution in [0.15, 0.2) is 36.7 Å². The maximum atomic E-state index is 13.6. The maximum Gasteiger partial charge on any atom is 0.166 e. The lowest BCUT2D eigenvalue weighted by molar-refractivity contribution is 0.294. The molecular weight excluding hydrogens is 257 g/mol. The first-order chi connectivity index (χ1) is 9.79. The van der Waals surface area contributed by atoms with E-state index >= 15 is 0 Å². The number of halogens is 1. The highest BCUT2D eigenvalue weighted by molar-refractivity contribution is 5.29. The van der Waals surface area contributed by atoms with E-state index in [1.165, 1.54) is 25.0 Å². The first-order valence-electron chi connectivity index (χ1n) is 6.71. The van der Waals surface area contributed by atoms with Gasteiger partial charge in [0.15, 0.2) is 5.82 Å². The number of ether oxygens (including phenoxy) is 1. The number of aromatic nitrogens is 2. The van der Waals surface area contributed by atoms with Gasteiger partial charge in [-0.05, 0) is 36.6 Å². The third kappa shape index (κ3) is 3.74. The molecule has 0 aliphatic heterocycles. The van der Waals surface area contributed by atoms with Gasteiger partial charge in [-0.2, -0.15) is 0 Å². The average Bonchev–Trinajstić information content (AvgIpc) is 3.28. The summed E-state index contributed by atoms with van der Waals surface area (Å²) in [5.74, 6) is 0.795. The van der Waals surface area contributed by atoms with Gasteiger partial charge in [0.25, 0.3) is 0 Å². The molecule has 1 aromatic carbocycles. The molecule has 1 aromatic heterocycles. The fraction of sp³-hybridized carbons (Fsp3) is 0.333. The molecule has 0 bridgehead atoms. The van der Waals surface area contributed by atoms with E-state index in [2.05, 4.69) is 15.3 Å². The molecule has 4 nitrogen and oxygen atoms in total. The summed E-state index contributed by atoms with van der Waals surface area (Å²) in [7, 11) is 0. The molecule has 1 aliphatic rings. The van der Waals surface area contributed by atoms with Crippen LogP contribution in [0.5, 0.6) is 5.75 Å². The zero-order chi connectivity index (χ0) is 13.8. The van der Waals surface area contributed by atoms with Crippen molar-refractivity contribution in [3.05, 3.63) is 53.9 Å². The fourth-order valence-electron chi connectivity index (χ4n) is 1.91. The Labute approximate surface area is 117 Å². The fourth-order valence-corrected chi connectivity index (χ4v) is 1.91. The van der Waals surface area contributed by atoms with Gasteiger partial charge in [-0.25, -0.2) is 14.4 Å². The number of hydrogen-bond acceptors (Lipinski definition) is 4. The summed E-state index contributed by atoms with van der Waals surface area (Å²) < 4.78 is 19.1. The minimum Gasteiger partial charge on any atom is -0.485 e. The second kappa shape index (κ2) is 5.96. The Morgan fingerprint density at radius 1 is 1.20 bits per heavy atom. The molecule has 1 fully saturated rings. The molecule has 1 saturated carbocycles. The van der Waals surface area contributed by atoms with Crippen molar-refractivity contribution in [3.8, 4) is 5.75 Å². The van der Waals surface area contributed by atoms with Crippen LogP contribution in [-0.2, 0) is 13.2 Å². The summed E-state index contributed by atoms with van der Waals surface area (Å²) in [5.41, 5.74) is 0.890. The van der Waals surface area contributed by atoms with Gasteiger partial charge in [-0.3, -0.25) is 0 Å². The predicted molar refractivity (Wildman–Crippen MR) is 72.6 cm³/mol. The van der Waals surface area contributed by atoms with Crippen LogP contribution >= 0.6 is 0 Å². The Balaban J connectivity index is 1.62. The molecule has 0 radical (unpaired) electrons. The first kappa shape index (κ1) is 13.0. The van der Waals surface area contributed by atoms with Crippen molar-refractivity contribution in [2.75, 3.05) is 0 Å². The molecule has 104 valence electrons. The van der Waals surface area contributed by atoms with Crippen LogP contribution in [0.25, 0.3) is 0 Å². The van der Waals surface area contributed by atoms with Crippen molar-refractivity contribution in [2.45, 2.75) is 32.0 Å². The standard InChI is InChI=1S/C15H16FN3O/c16-12-6-11(9-19-13-2-3-13)7-14(8-12)20-10-15-17-4-1-5-18-15/h1,4-8,13,19H,2-3,9-10H2. The molecule has 0 unspecified atom stereocenters. The zero-order valence-corrected chi connectivity index (χ0v) is 11.1. The Morgan fingerprint density at radius 3 is 2.75 bits per heavy atom. The largest absolute Gasteiger partial charge is 0.485 e. The van der Waals surface area contributed by atoms with Crippen LogP contribution in [0, 0.1) is 5.82 Å². The van der Waals surface area contributed by atoms with Crippen LogP contribution in [0.1, 0.15) is 24.2 Å². The van der Waals surface area contributed by atoms with Crippen molar-refractivity contribution in [1.82, 2.24) is 15.3 Å². The first-order valence-corrected chi connectivity index (χ1v) is 6.71. The van der Waals surface area contributed by atoms with Crippen LogP contribution in [0.3, 0.4) is 0 Å². The number of benzene rings is 1. The van der Waals surface area contributed by atoms with Crippen LogP contribution < -0.4 is 10.1 Å². The van der Waals surface area contributed by atoms with Crippen molar-refractivity contribution < 1.29 is 9.13 Å². The van der Waals surface area contributed by atoms with E-state index < -0.39 is 0 Å². The molecule has 1 aliphatic carbocycles. The van der Waals surface area contributed by atoms with E-state index in [1.54, 1.807) is 18.5 Å². The van der Waals surface area contributed by atoms with E-state index in [0.717, 1.165) is 5.56 Å². The summed E-state index contributed by atoms with van der Waals surface area (Å²) in [6.45, 7) is 0.903. The second-order valence-corrected chi connectivity index (χ2v) is 4.90. The van der Waals surface area contributed by atoms with E-state index in [9.17, 15) is 4.39 Å². The van der Waals surface area contributed by atoms with Gasteiger partial charge >= 0.3 is 0 Å². The molecule has 0 amide bonds. The Kier molecular flexibility index (Phi) is 3.87.